The molecule has 0 spiro atoms. The van der Waals surface area contributed by atoms with Crippen molar-refractivity contribution in [1.29, 1.82) is 0 Å². The Morgan fingerprint density at radius 2 is 1.41 bits per heavy atom. The van der Waals surface area contributed by atoms with Gasteiger partial charge in [0.15, 0.2) is 0 Å². The minimum atomic E-state index is -4.29. The third-order valence-electron chi connectivity index (χ3n) is 6.93. The maximum absolute atomic E-state index is 14.4. The van der Waals surface area contributed by atoms with Crippen molar-refractivity contribution >= 4 is 27.5 Å². The smallest absolute Gasteiger partial charge is 0.264 e. The monoisotopic (exact) mass is 615 g/mol. The van der Waals surface area contributed by atoms with Gasteiger partial charge in [-0.2, -0.15) is 0 Å². The van der Waals surface area contributed by atoms with Gasteiger partial charge in [0.25, 0.3) is 10.0 Å². The van der Waals surface area contributed by atoms with Crippen molar-refractivity contribution in [2.45, 2.75) is 57.1 Å². The van der Waals surface area contributed by atoms with Gasteiger partial charge >= 0.3 is 0 Å². The highest BCUT2D eigenvalue weighted by molar-refractivity contribution is 7.92. The number of hydrogen-bond donors (Lipinski definition) is 1. The molecule has 0 aliphatic rings. The van der Waals surface area contributed by atoms with Gasteiger partial charge in [-0.25, -0.2) is 12.8 Å². The van der Waals surface area contributed by atoms with Crippen molar-refractivity contribution < 1.29 is 22.4 Å². The molecule has 1 atom stereocenters. The summed E-state index contributed by atoms with van der Waals surface area (Å²) in [6, 6.07) is 28.8. The molecule has 0 saturated carbocycles. The molecule has 0 unspecified atom stereocenters. The van der Waals surface area contributed by atoms with Crippen LogP contribution in [0, 0.1) is 12.7 Å². The van der Waals surface area contributed by atoms with Gasteiger partial charge in [0.1, 0.15) is 18.4 Å². The fourth-order valence-electron chi connectivity index (χ4n) is 4.87. The van der Waals surface area contributed by atoms with Crippen LogP contribution in [0.5, 0.6) is 0 Å². The minimum Gasteiger partial charge on any atom is -0.350 e. The van der Waals surface area contributed by atoms with Gasteiger partial charge in [0.05, 0.1) is 10.6 Å². The zero-order valence-corrected chi connectivity index (χ0v) is 26.2. The van der Waals surface area contributed by atoms with Crippen LogP contribution in [-0.2, 0) is 32.6 Å². The van der Waals surface area contributed by atoms with Gasteiger partial charge < -0.3 is 10.2 Å². The third-order valence-corrected chi connectivity index (χ3v) is 8.72. The molecule has 0 radical (unpaired) electrons. The summed E-state index contributed by atoms with van der Waals surface area (Å²) in [6.07, 6.45) is 0.219. The first kappa shape index (κ1) is 32.4. The molecule has 230 valence electrons. The number of nitrogens with one attached hydrogen (secondary N) is 1. The number of carbonyl (C=O) groups excluding carboxylic acids is 2. The highest BCUT2D eigenvalue weighted by Crippen LogP contribution is 2.25. The van der Waals surface area contributed by atoms with Crippen LogP contribution in [0.3, 0.4) is 0 Å². The lowest BCUT2D eigenvalue weighted by molar-refractivity contribution is -0.140. The number of rotatable bonds is 11. The number of carbonyl (C=O) groups is 2. The summed E-state index contributed by atoms with van der Waals surface area (Å²) < 4.78 is 42.6. The summed E-state index contributed by atoms with van der Waals surface area (Å²) in [6.45, 7) is 7.03. The zero-order chi connectivity index (χ0) is 31.9. The van der Waals surface area contributed by atoms with Gasteiger partial charge in [-0.3, -0.25) is 13.9 Å². The molecule has 4 aromatic rings. The second-order valence-electron chi connectivity index (χ2n) is 11.8. The van der Waals surface area contributed by atoms with Gasteiger partial charge in [0.2, 0.25) is 11.8 Å². The van der Waals surface area contributed by atoms with E-state index >= 15 is 0 Å². The van der Waals surface area contributed by atoms with Crippen LogP contribution in [-0.4, -0.2) is 43.3 Å². The number of benzene rings is 4. The SMILES string of the molecule is Cc1cccc(CN(C(=O)CN(c2ccccc2)S(=O)(=O)c2ccc(F)cc2)[C@@H](Cc2ccccc2)C(=O)NC(C)(C)C)c1. The molecule has 2 amide bonds. The van der Waals surface area contributed by atoms with Crippen molar-refractivity contribution in [1.82, 2.24) is 10.2 Å². The Morgan fingerprint density at radius 3 is 2.00 bits per heavy atom. The van der Waals surface area contributed by atoms with E-state index in [1.807, 2.05) is 82.3 Å². The largest absolute Gasteiger partial charge is 0.350 e. The third kappa shape index (κ3) is 8.54. The molecule has 0 aromatic heterocycles. The van der Waals surface area contributed by atoms with Crippen LogP contribution >= 0.6 is 0 Å². The Labute approximate surface area is 259 Å². The quantitative estimate of drug-likeness (QED) is 0.228. The van der Waals surface area contributed by atoms with Gasteiger partial charge in [-0.1, -0.05) is 78.4 Å². The van der Waals surface area contributed by atoms with Crippen LogP contribution < -0.4 is 9.62 Å². The van der Waals surface area contributed by atoms with Gasteiger partial charge in [-0.15, -0.1) is 0 Å². The average molecular weight is 616 g/mol. The first-order valence-corrected chi connectivity index (χ1v) is 15.8. The first-order chi connectivity index (χ1) is 20.8. The summed E-state index contributed by atoms with van der Waals surface area (Å²) in [4.78, 5) is 29.6. The van der Waals surface area contributed by atoms with E-state index in [0.717, 1.165) is 33.1 Å². The van der Waals surface area contributed by atoms with Crippen LogP contribution in [0.1, 0.15) is 37.5 Å². The van der Waals surface area contributed by atoms with E-state index in [1.54, 1.807) is 30.3 Å². The minimum absolute atomic E-state index is 0.0782. The van der Waals surface area contributed by atoms with Crippen molar-refractivity contribution in [3.8, 4) is 0 Å². The van der Waals surface area contributed by atoms with E-state index in [9.17, 15) is 22.4 Å². The highest BCUT2D eigenvalue weighted by Gasteiger charge is 2.35. The number of halogens is 1. The van der Waals surface area contributed by atoms with Crippen molar-refractivity contribution in [3.05, 3.63) is 132 Å². The molecule has 0 fully saturated rings. The fourth-order valence-corrected chi connectivity index (χ4v) is 6.29. The molecule has 1 N–H and O–H groups in total. The van der Waals surface area contributed by atoms with Gasteiger partial charge in [0, 0.05) is 18.5 Å². The number of para-hydroxylation sites is 1. The molecule has 9 heteroatoms. The zero-order valence-electron chi connectivity index (χ0n) is 25.4. The van der Waals surface area contributed by atoms with E-state index in [2.05, 4.69) is 5.32 Å². The van der Waals surface area contributed by atoms with E-state index in [-0.39, 0.29) is 29.5 Å². The molecule has 4 rings (SSSR count). The van der Waals surface area contributed by atoms with Crippen molar-refractivity contribution in [2.24, 2.45) is 0 Å². The standard InChI is InChI=1S/C35H38FN3O4S/c1-26-12-11-15-28(22-26)24-38(32(34(41)37-35(2,3)4)23-27-13-7-5-8-14-27)33(40)25-39(30-16-9-6-10-17-30)44(42,43)31-20-18-29(36)19-21-31/h5-22,32H,23-25H2,1-4H3,(H,37,41)/t32-/m0/s1. The predicted molar refractivity (Wildman–Crippen MR) is 171 cm³/mol. The molecular weight excluding hydrogens is 577 g/mol. The summed E-state index contributed by atoms with van der Waals surface area (Å²) in [5.41, 5.74) is 2.32. The lowest BCUT2D eigenvalue weighted by Gasteiger charge is -2.35. The number of aryl methyl sites for hydroxylation is 1. The number of amides is 2. The van der Waals surface area contributed by atoms with E-state index in [4.69, 9.17) is 0 Å². The Morgan fingerprint density at radius 1 is 0.818 bits per heavy atom. The summed E-state index contributed by atoms with van der Waals surface area (Å²) >= 11 is 0. The number of sulfonamides is 1. The maximum atomic E-state index is 14.4. The summed E-state index contributed by atoms with van der Waals surface area (Å²) in [5, 5.41) is 3.02. The van der Waals surface area contributed by atoms with Crippen molar-refractivity contribution in [3.63, 3.8) is 0 Å². The molecule has 0 bridgehead atoms. The van der Waals surface area contributed by atoms with Crippen LogP contribution in [0.25, 0.3) is 0 Å². The number of hydrogen-bond acceptors (Lipinski definition) is 4. The molecule has 0 saturated heterocycles. The second kappa shape index (κ2) is 13.9. The van der Waals surface area contributed by atoms with E-state index in [1.165, 1.54) is 17.0 Å². The second-order valence-corrected chi connectivity index (χ2v) is 13.6. The topological polar surface area (TPSA) is 86.8 Å². The molecule has 44 heavy (non-hydrogen) atoms. The summed E-state index contributed by atoms with van der Waals surface area (Å²) in [5.74, 6) is -1.50. The van der Waals surface area contributed by atoms with Crippen LogP contribution in [0.15, 0.2) is 114 Å². The van der Waals surface area contributed by atoms with Crippen molar-refractivity contribution in [2.75, 3.05) is 10.8 Å². The molecule has 7 nitrogen and oxygen atoms in total. The fraction of sp³-hybridized carbons (Fsp3) is 0.257. The Bertz CT molecular complexity index is 1670. The van der Waals surface area contributed by atoms with E-state index < -0.39 is 39.9 Å². The number of anilines is 1. The lowest BCUT2D eigenvalue weighted by Crippen LogP contribution is -2.56. The Balaban J connectivity index is 1.80. The highest BCUT2D eigenvalue weighted by atomic mass is 32.2. The Hall–Kier alpha value is -4.50. The predicted octanol–water partition coefficient (Wildman–Crippen LogP) is 5.88. The molecule has 0 heterocycles. The van der Waals surface area contributed by atoms with Gasteiger partial charge in [-0.05, 0) is 75.2 Å². The molecule has 0 aliphatic carbocycles. The van der Waals surface area contributed by atoms with Crippen LogP contribution in [0.4, 0.5) is 10.1 Å². The summed E-state index contributed by atoms with van der Waals surface area (Å²) in [7, 11) is -4.29. The first-order valence-electron chi connectivity index (χ1n) is 14.4. The van der Waals surface area contributed by atoms with E-state index in [0.29, 0.717) is 0 Å². The molecular formula is C35H38FN3O4S. The maximum Gasteiger partial charge on any atom is 0.264 e. The number of nitrogens with zero attached hydrogens (tertiary/aromatic N) is 2. The lowest BCUT2D eigenvalue weighted by atomic mass is 10.0. The average Bonchev–Trinajstić information content (AvgIpc) is 2.98. The normalized spacial score (nSPS) is 12.3. The Kier molecular flexibility index (Phi) is 10.2. The van der Waals surface area contributed by atoms with Crippen LogP contribution in [0.2, 0.25) is 0 Å². The molecule has 4 aromatic carbocycles. The molecule has 0 aliphatic heterocycles.